The first-order chi connectivity index (χ1) is 9.93. The van der Waals surface area contributed by atoms with Crippen LogP contribution in [0.15, 0.2) is 47.4 Å². The van der Waals surface area contributed by atoms with E-state index in [-0.39, 0.29) is 11.3 Å². The lowest BCUT2D eigenvalue weighted by Crippen LogP contribution is -2.32. The minimum Gasteiger partial charge on any atom is -0.478 e. The molecule has 8 heteroatoms. The van der Waals surface area contributed by atoms with E-state index in [2.05, 4.69) is 10.3 Å². The van der Waals surface area contributed by atoms with Crippen LogP contribution in [0.2, 0.25) is 0 Å². The summed E-state index contributed by atoms with van der Waals surface area (Å²) in [4.78, 5) is 37.8. The highest BCUT2D eigenvalue weighted by atomic mass is 16.4. The summed E-state index contributed by atoms with van der Waals surface area (Å²) in [6.07, 6.45) is 2.34. The number of carbonyl (C=O) groups is 3. The smallest absolute Gasteiger partial charge is 0.352 e. The maximum Gasteiger partial charge on any atom is 0.352 e. The van der Waals surface area contributed by atoms with Crippen LogP contribution >= 0.6 is 0 Å². The molecule has 0 amide bonds. The van der Waals surface area contributed by atoms with E-state index in [0.717, 1.165) is 6.20 Å². The zero-order valence-corrected chi connectivity index (χ0v) is 10.5. The van der Waals surface area contributed by atoms with Gasteiger partial charge in [0, 0.05) is 12.4 Å². The molecule has 1 unspecified atom stereocenters. The predicted molar refractivity (Wildman–Crippen MR) is 68.1 cm³/mol. The predicted octanol–water partition coefficient (Wildman–Crippen LogP) is 0.160. The van der Waals surface area contributed by atoms with Gasteiger partial charge in [-0.3, -0.25) is 4.98 Å². The van der Waals surface area contributed by atoms with Gasteiger partial charge in [0.2, 0.25) is 0 Å². The van der Waals surface area contributed by atoms with E-state index in [1.165, 1.54) is 12.3 Å². The number of aliphatic carboxylic acids is 3. The zero-order chi connectivity index (χ0) is 15.6. The fourth-order valence-corrected chi connectivity index (χ4v) is 2.06. The third kappa shape index (κ3) is 2.59. The second-order valence-corrected chi connectivity index (χ2v) is 4.14. The van der Waals surface area contributed by atoms with Crippen LogP contribution in [0.25, 0.3) is 0 Å². The first kappa shape index (κ1) is 14.3. The second kappa shape index (κ2) is 5.45. The van der Waals surface area contributed by atoms with Gasteiger partial charge in [-0.25, -0.2) is 14.4 Å². The van der Waals surface area contributed by atoms with Gasteiger partial charge in [-0.1, -0.05) is 6.07 Å². The standard InChI is InChI=1S/C13H10N2O6/c16-11(17)6-5-15-10(13(20)21)9(12(18)19)8(6)7-3-1-2-4-14-7/h1-5,8,15H,(H,16,17)(H,18,19)(H,20,21). The third-order valence-corrected chi connectivity index (χ3v) is 2.92. The zero-order valence-electron chi connectivity index (χ0n) is 10.5. The van der Waals surface area contributed by atoms with E-state index in [4.69, 9.17) is 5.11 Å². The van der Waals surface area contributed by atoms with E-state index in [0.29, 0.717) is 0 Å². The van der Waals surface area contributed by atoms with Crippen molar-refractivity contribution in [1.29, 1.82) is 0 Å². The third-order valence-electron chi connectivity index (χ3n) is 2.92. The lowest BCUT2D eigenvalue weighted by Gasteiger charge is -2.24. The number of hydrogen-bond donors (Lipinski definition) is 4. The number of carboxylic acid groups (broad SMARTS) is 3. The Labute approximate surface area is 118 Å². The fraction of sp³-hybridized carbons (Fsp3) is 0.0769. The molecule has 0 aromatic carbocycles. The first-order valence-electron chi connectivity index (χ1n) is 5.75. The molecule has 4 N–H and O–H groups in total. The molecule has 2 heterocycles. The van der Waals surface area contributed by atoms with Gasteiger partial charge in [-0.05, 0) is 12.1 Å². The molecule has 1 aliphatic rings. The highest BCUT2D eigenvalue weighted by Crippen LogP contribution is 2.34. The van der Waals surface area contributed by atoms with Crippen molar-refractivity contribution in [3.05, 3.63) is 53.1 Å². The van der Waals surface area contributed by atoms with Crippen LogP contribution in [0.3, 0.4) is 0 Å². The van der Waals surface area contributed by atoms with Crippen LogP contribution in [0.4, 0.5) is 0 Å². The molecular formula is C13H10N2O6. The van der Waals surface area contributed by atoms with E-state index in [1.807, 2.05) is 0 Å². The largest absolute Gasteiger partial charge is 0.478 e. The van der Waals surface area contributed by atoms with Crippen LogP contribution < -0.4 is 5.32 Å². The number of carboxylic acids is 3. The summed E-state index contributed by atoms with van der Waals surface area (Å²) in [6, 6.07) is 4.58. The van der Waals surface area contributed by atoms with Crippen molar-refractivity contribution in [2.75, 3.05) is 0 Å². The molecule has 1 aliphatic heterocycles. The van der Waals surface area contributed by atoms with Crippen molar-refractivity contribution >= 4 is 17.9 Å². The van der Waals surface area contributed by atoms with Crippen molar-refractivity contribution in [3.8, 4) is 0 Å². The minimum atomic E-state index is -1.53. The number of hydrogen-bond acceptors (Lipinski definition) is 5. The highest BCUT2D eigenvalue weighted by Gasteiger charge is 2.38. The highest BCUT2D eigenvalue weighted by molar-refractivity contribution is 6.04. The van der Waals surface area contributed by atoms with Gasteiger partial charge in [0.05, 0.1) is 22.8 Å². The van der Waals surface area contributed by atoms with Crippen molar-refractivity contribution in [3.63, 3.8) is 0 Å². The van der Waals surface area contributed by atoms with Gasteiger partial charge in [-0.2, -0.15) is 0 Å². The Balaban J connectivity index is 2.68. The molecule has 1 aromatic heterocycles. The average Bonchev–Trinajstić information content (AvgIpc) is 2.46. The minimum absolute atomic E-state index is 0.142. The Morgan fingerprint density at radius 3 is 2.24 bits per heavy atom. The molecule has 0 saturated heterocycles. The van der Waals surface area contributed by atoms with Gasteiger partial charge in [0.25, 0.3) is 0 Å². The van der Waals surface area contributed by atoms with E-state index < -0.39 is 35.1 Å². The van der Waals surface area contributed by atoms with Crippen LogP contribution in [-0.2, 0) is 14.4 Å². The number of rotatable bonds is 4. The summed E-state index contributed by atoms with van der Waals surface area (Å²) in [5.41, 5.74) is -1.30. The average molecular weight is 290 g/mol. The molecule has 2 rings (SSSR count). The summed E-state index contributed by atoms with van der Waals surface area (Å²) < 4.78 is 0. The van der Waals surface area contributed by atoms with Crippen LogP contribution in [0.5, 0.6) is 0 Å². The molecule has 0 aliphatic carbocycles. The SMILES string of the molecule is O=C(O)C1=CNC(C(=O)O)=C(C(=O)O)C1c1ccccn1. The lowest BCUT2D eigenvalue weighted by atomic mass is 9.84. The Morgan fingerprint density at radius 1 is 1.05 bits per heavy atom. The Bertz CT molecular complexity index is 677. The van der Waals surface area contributed by atoms with Crippen molar-refractivity contribution < 1.29 is 29.7 Å². The van der Waals surface area contributed by atoms with Gasteiger partial charge < -0.3 is 20.6 Å². The summed E-state index contributed by atoms with van der Waals surface area (Å²) in [7, 11) is 0. The summed E-state index contributed by atoms with van der Waals surface area (Å²) in [6.45, 7) is 0. The number of pyridine rings is 1. The molecule has 1 aromatic rings. The van der Waals surface area contributed by atoms with Gasteiger partial charge in [0.15, 0.2) is 0 Å². The summed E-state index contributed by atoms with van der Waals surface area (Å²) >= 11 is 0. The summed E-state index contributed by atoms with van der Waals surface area (Å²) in [5.74, 6) is -5.65. The molecule has 0 radical (unpaired) electrons. The van der Waals surface area contributed by atoms with Gasteiger partial charge in [-0.15, -0.1) is 0 Å². The molecule has 0 spiro atoms. The number of nitrogens with one attached hydrogen (secondary N) is 1. The van der Waals surface area contributed by atoms with Gasteiger partial charge in [0.1, 0.15) is 5.70 Å². The lowest BCUT2D eigenvalue weighted by molar-refractivity contribution is -0.137. The van der Waals surface area contributed by atoms with E-state index in [1.54, 1.807) is 12.1 Å². The monoisotopic (exact) mass is 290 g/mol. The molecule has 0 saturated carbocycles. The Hall–Kier alpha value is -3.16. The molecule has 1 atom stereocenters. The maximum atomic E-state index is 11.4. The van der Waals surface area contributed by atoms with Gasteiger partial charge >= 0.3 is 17.9 Å². The molecule has 8 nitrogen and oxygen atoms in total. The summed E-state index contributed by atoms with van der Waals surface area (Å²) in [5, 5.41) is 29.8. The Kier molecular flexibility index (Phi) is 3.70. The second-order valence-electron chi connectivity index (χ2n) is 4.14. The fourth-order valence-electron chi connectivity index (χ4n) is 2.06. The maximum absolute atomic E-state index is 11.4. The molecule has 0 fully saturated rings. The normalized spacial score (nSPS) is 17.7. The van der Waals surface area contributed by atoms with Crippen LogP contribution in [-0.4, -0.2) is 38.2 Å². The topological polar surface area (TPSA) is 137 Å². The molecular weight excluding hydrogens is 280 g/mol. The quantitative estimate of drug-likeness (QED) is 0.615. The van der Waals surface area contributed by atoms with Crippen LogP contribution in [0, 0.1) is 0 Å². The molecule has 21 heavy (non-hydrogen) atoms. The van der Waals surface area contributed by atoms with E-state index >= 15 is 0 Å². The number of nitrogens with zero attached hydrogens (tertiary/aromatic N) is 1. The number of dihydropyridines is 1. The van der Waals surface area contributed by atoms with Crippen molar-refractivity contribution in [2.24, 2.45) is 0 Å². The van der Waals surface area contributed by atoms with Crippen molar-refractivity contribution in [2.45, 2.75) is 5.92 Å². The molecule has 0 bridgehead atoms. The van der Waals surface area contributed by atoms with Crippen LogP contribution in [0.1, 0.15) is 11.6 Å². The molecule has 108 valence electrons. The first-order valence-corrected chi connectivity index (χ1v) is 5.75. The van der Waals surface area contributed by atoms with Crippen molar-refractivity contribution in [1.82, 2.24) is 10.3 Å². The Morgan fingerprint density at radius 2 is 1.76 bits per heavy atom. The van der Waals surface area contributed by atoms with E-state index in [9.17, 15) is 24.6 Å². The number of aromatic nitrogens is 1.